The van der Waals surface area contributed by atoms with Gasteiger partial charge in [0.15, 0.2) is 0 Å². The van der Waals surface area contributed by atoms with E-state index in [0.29, 0.717) is 62.9 Å². The third-order valence-corrected chi connectivity index (χ3v) is 15.0. The van der Waals surface area contributed by atoms with Crippen molar-refractivity contribution >= 4 is 59.0 Å². The minimum absolute atomic E-state index is 0.00154. The molecule has 0 saturated carbocycles. The lowest BCUT2D eigenvalue weighted by Crippen LogP contribution is -2.59. The zero-order valence-corrected chi connectivity index (χ0v) is 44.8. The van der Waals surface area contributed by atoms with E-state index in [-0.39, 0.29) is 86.0 Å². The molecule has 0 spiro atoms. The molecule has 4 N–H and O–H groups in total. The predicted molar refractivity (Wildman–Crippen MR) is 273 cm³/mol. The molecule has 3 aliphatic rings. The number of amides is 7. The molecule has 73 heavy (non-hydrogen) atoms. The van der Waals surface area contributed by atoms with Gasteiger partial charge in [0.05, 0.1) is 37.3 Å². The van der Waals surface area contributed by atoms with Crippen LogP contribution in [0.2, 0.25) is 0 Å². The normalized spacial score (nSPS) is 20.6. The number of rotatable bonds is 29. The van der Waals surface area contributed by atoms with E-state index in [0.717, 1.165) is 30.7 Å². The summed E-state index contributed by atoms with van der Waals surface area (Å²) in [5.74, 6) is -4.21. The third kappa shape index (κ3) is 17.0. The molecule has 7 amide bonds. The van der Waals surface area contributed by atoms with Crippen LogP contribution in [0.1, 0.15) is 118 Å². The number of anilines is 1. The van der Waals surface area contributed by atoms with E-state index in [1.807, 2.05) is 49.6 Å². The Morgan fingerprint density at radius 3 is 2.16 bits per heavy atom. The molecular formula is C53H82N8O12. The lowest BCUT2D eigenvalue weighted by Gasteiger charge is -2.40. The van der Waals surface area contributed by atoms with Gasteiger partial charge in [-0.15, -0.1) is 0 Å². The number of carbonyl (C=O) groups excluding carboxylic acids is 9. The van der Waals surface area contributed by atoms with Gasteiger partial charge in [0.1, 0.15) is 12.8 Å². The van der Waals surface area contributed by atoms with Crippen molar-refractivity contribution in [1.29, 1.82) is 0 Å². The number of likely N-dealkylation sites (N-methyl/N-ethyl adjacent to an activating group) is 2. The maximum absolute atomic E-state index is 13.8. The largest absolute Gasteiger partial charge is 0.467 e. The Bertz CT molecular complexity index is 2100. The first-order chi connectivity index (χ1) is 34.6. The second-order valence-corrected chi connectivity index (χ2v) is 20.4. The predicted octanol–water partition coefficient (Wildman–Crippen LogP) is 3.32. The van der Waals surface area contributed by atoms with Crippen molar-refractivity contribution in [2.75, 3.05) is 66.5 Å². The van der Waals surface area contributed by atoms with Crippen LogP contribution in [0.3, 0.4) is 0 Å². The Labute approximate surface area is 431 Å². The summed E-state index contributed by atoms with van der Waals surface area (Å²) in [5, 5.41) is 10.9. The average Bonchev–Trinajstić information content (AvgIpc) is 4.07. The maximum Gasteiger partial charge on any atom is 0.328 e. The van der Waals surface area contributed by atoms with Crippen LogP contribution < -0.4 is 21.3 Å². The van der Waals surface area contributed by atoms with E-state index in [4.69, 9.17) is 14.2 Å². The topological polar surface area (TPSA) is 242 Å². The Hall–Kier alpha value is -5.57. The Balaban J connectivity index is 1.25. The van der Waals surface area contributed by atoms with Gasteiger partial charge in [-0.3, -0.25) is 63.3 Å². The summed E-state index contributed by atoms with van der Waals surface area (Å²) in [7, 11) is 6.55. The molecule has 0 aromatic heterocycles. The second kappa shape index (κ2) is 28.8. The first-order valence-corrected chi connectivity index (χ1v) is 25.9. The molecule has 1 aromatic carbocycles. The van der Waals surface area contributed by atoms with Gasteiger partial charge in [-0.25, -0.2) is 4.79 Å². The van der Waals surface area contributed by atoms with Gasteiger partial charge in [0, 0.05) is 69.4 Å². The molecule has 0 bridgehead atoms. The van der Waals surface area contributed by atoms with Gasteiger partial charge in [-0.2, -0.15) is 0 Å². The fourth-order valence-corrected chi connectivity index (χ4v) is 10.2. The molecular weight excluding hydrogens is 941 g/mol. The minimum atomic E-state index is -1.04. The lowest BCUT2D eigenvalue weighted by atomic mass is 9.90. The summed E-state index contributed by atoms with van der Waals surface area (Å²) in [4.78, 5) is 123. The molecule has 2 fully saturated rings. The molecule has 2 saturated heterocycles. The van der Waals surface area contributed by atoms with Crippen molar-refractivity contribution in [2.45, 2.75) is 154 Å². The molecule has 3 heterocycles. The smallest absolute Gasteiger partial charge is 0.328 e. The molecule has 20 nitrogen and oxygen atoms in total. The zero-order valence-electron chi connectivity index (χ0n) is 44.8. The molecule has 3 aliphatic heterocycles. The van der Waals surface area contributed by atoms with Crippen molar-refractivity contribution in [3.63, 3.8) is 0 Å². The van der Waals surface area contributed by atoms with E-state index in [2.05, 4.69) is 35.1 Å². The van der Waals surface area contributed by atoms with Crippen LogP contribution in [0.25, 0.3) is 0 Å². The van der Waals surface area contributed by atoms with Gasteiger partial charge in [-0.05, 0) is 102 Å². The maximum atomic E-state index is 13.8. The first kappa shape index (κ1) is 60.0. The number of nitrogens with zero attached hydrogens (tertiary/aromatic N) is 4. The molecule has 20 heteroatoms. The van der Waals surface area contributed by atoms with Crippen LogP contribution in [0.5, 0.6) is 0 Å². The van der Waals surface area contributed by atoms with Gasteiger partial charge >= 0.3 is 11.9 Å². The van der Waals surface area contributed by atoms with E-state index < -0.39 is 53.4 Å². The average molecular weight is 1020 g/mol. The van der Waals surface area contributed by atoms with Crippen LogP contribution in [-0.2, 0) is 63.8 Å². The number of imide groups is 2. The van der Waals surface area contributed by atoms with Crippen molar-refractivity contribution in [3.8, 4) is 0 Å². The number of hydrogen-bond acceptors (Lipinski definition) is 15. The third-order valence-electron chi connectivity index (χ3n) is 15.0. The van der Waals surface area contributed by atoms with Gasteiger partial charge < -0.3 is 30.2 Å². The van der Waals surface area contributed by atoms with Gasteiger partial charge in [0.2, 0.25) is 29.5 Å². The second-order valence-electron chi connectivity index (χ2n) is 20.4. The minimum Gasteiger partial charge on any atom is -0.467 e. The molecule has 4 rings (SSSR count). The summed E-state index contributed by atoms with van der Waals surface area (Å²) >= 11 is 0. The van der Waals surface area contributed by atoms with Crippen LogP contribution in [0.4, 0.5) is 5.69 Å². The SMILES string of the molecule is CC[C@H](C)[C@H](CCC(=O)OCN1CCCC1[C@H](OC)C(C)C(=O)NC(Cc1ccc(NC(=O)CNC(=O)CCCCCN2C(=O)C=CC2=O)cc1)C(=O)OC)N(C)[C@@H](C(=O)NC(=O)[C@@]1(C)CCCN1C)C(C)C. The van der Waals surface area contributed by atoms with Crippen LogP contribution in [0, 0.1) is 17.8 Å². The molecule has 1 aromatic rings. The monoisotopic (exact) mass is 1020 g/mol. The number of benzene rings is 1. The number of esters is 2. The van der Waals surface area contributed by atoms with Crippen LogP contribution in [-0.4, -0.2) is 170 Å². The molecule has 0 aliphatic carbocycles. The zero-order chi connectivity index (χ0) is 54.0. The highest BCUT2D eigenvalue weighted by Gasteiger charge is 2.44. The Morgan fingerprint density at radius 2 is 1.56 bits per heavy atom. The molecule has 406 valence electrons. The fourth-order valence-electron chi connectivity index (χ4n) is 10.2. The number of ether oxygens (including phenoxy) is 3. The number of carbonyl (C=O) groups is 9. The van der Waals surface area contributed by atoms with Crippen LogP contribution >= 0.6 is 0 Å². The highest BCUT2D eigenvalue weighted by molar-refractivity contribution is 6.12. The van der Waals surface area contributed by atoms with Gasteiger partial charge in [0.25, 0.3) is 11.8 Å². The van der Waals surface area contributed by atoms with Crippen molar-refractivity contribution in [1.82, 2.24) is 35.6 Å². The number of methoxy groups -OCH3 is 2. The number of nitrogens with one attached hydrogen (secondary N) is 4. The summed E-state index contributed by atoms with van der Waals surface area (Å²) in [6.45, 7) is 13.1. The molecule has 0 radical (unpaired) electrons. The molecule has 3 unspecified atom stereocenters. The first-order valence-electron chi connectivity index (χ1n) is 25.9. The highest BCUT2D eigenvalue weighted by atomic mass is 16.5. The Kier molecular flexibility index (Phi) is 23.6. The van der Waals surface area contributed by atoms with E-state index in [1.165, 1.54) is 26.4 Å². The van der Waals surface area contributed by atoms with E-state index >= 15 is 0 Å². The number of likely N-dealkylation sites (tertiary alicyclic amines) is 2. The van der Waals surface area contributed by atoms with Crippen molar-refractivity contribution < 1.29 is 57.4 Å². The summed E-state index contributed by atoms with van der Waals surface area (Å²) in [6.07, 6.45) is 8.29. The molecule has 8 atom stereocenters. The summed E-state index contributed by atoms with van der Waals surface area (Å²) in [6, 6.07) is 4.66. The highest BCUT2D eigenvalue weighted by Crippen LogP contribution is 2.30. The number of unbranched alkanes of at least 4 members (excludes halogenated alkanes) is 2. The Morgan fingerprint density at radius 1 is 0.877 bits per heavy atom. The standard InChI is InChI=1S/C53H82N8O12/c1-11-35(4)40(59(8)47(34(2)3)50(68)57-52(70)53(6)27-16-28-58(53)7)23-26-46(66)73-33-60-29-15-17-41(60)48(71-9)36(5)49(67)56-39(51(69)72-10)31-37-19-21-38(22-20-37)55-43(63)32-54-42(62)18-13-12-14-30-61-44(64)24-25-45(61)65/h19-22,24-25,34-36,39-41,47-48H,11-18,23,26-33H2,1-10H3,(H,54,62)(H,55,63)(H,56,67)(H,57,68,70)/t35-,36?,39?,40-,41?,47+,48+,53+/m0/s1. The number of hydrogen-bond donors (Lipinski definition) is 4. The van der Waals surface area contributed by atoms with Gasteiger partial charge in [-0.1, -0.05) is 59.6 Å². The fraction of sp³-hybridized carbons (Fsp3) is 0.679. The summed E-state index contributed by atoms with van der Waals surface area (Å²) in [5.41, 5.74) is 0.393. The van der Waals surface area contributed by atoms with Crippen molar-refractivity contribution in [2.24, 2.45) is 17.8 Å². The van der Waals surface area contributed by atoms with Crippen molar-refractivity contribution in [3.05, 3.63) is 42.0 Å². The quantitative estimate of drug-likeness (QED) is 0.0511. The lowest BCUT2D eigenvalue weighted by molar-refractivity contribution is -0.152. The van der Waals surface area contributed by atoms with E-state index in [1.54, 1.807) is 31.2 Å². The van der Waals surface area contributed by atoms with Crippen LogP contribution in [0.15, 0.2) is 36.4 Å². The van der Waals surface area contributed by atoms with E-state index in [9.17, 15) is 43.2 Å². The summed E-state index contributed by atoms with van der Waals surface area (Å²) < 4.78 is 16.8.